The van der Waals surface area contributed by atoms with Crippen molar-refractivity contribution in [3.05, 3.63) is 64.5 Å². The molecule has 1 heterocycles. The van der Waals surface area contributed by atoms with Crippen molar-refractivity contribution in [1.29, 1.82) is 0 Å². The Kier molecular flexibility index (Phi) is 5.12. The largest absolute Gasteiger partial charge is 0.504 e. The molecule has 3 aromatic rings. The van der Waals surface area contributed by atoms with Crippen LogP contribution in [-0.4, -0.2) is 25.2 Å². The monoisotopic (exact) mass is 367 g/mol. The van der Waals surface area contributed by atoms with E-state index >= 15 is 0 Å². The highest BCUT2D eigenvalue weighted by Gasteiger charge is 2.11. The molecule has 0 saturated heterocycles. The summed E-state index contributed by atoms with van der Waals surface area (Å²) in [5.74, 6) is 0.315. The third-order valence-electron chi connectivity index (χ3n) is 3.83. The summed E-state index contributed by atoms with van der Waals surface area (Å²) in [6, 6.07) is 11.4. The molecule has 0 saturated carbocycles. The number of carbonyl (C=O) groups is 1. The maximum atomic E-state index is 12.1. The summed E-state index contributed by atoms with van der Waals surface area (Å²) < 4.78 is 15.2. The first-order chi connectivity index (χ1) is 13.0. The number of hydrogen-bond acceptors (Lipinski definition) is 6. The molecule has 1 aromatic heterocycles. The van der Waals surface area contributed by atoms with Crippen LogP contribution in [0.1, 0.15) is 5.56 Å². The molecule has 0 spiro atoms. The lowest BCUT2D eigenvalue weighted by atomic mass is 10.2. The van der Waals surface area contributed by atoms with Crippen molar-refractivity contribution in [2.45, 2.75) is 0 Å². The Morgan fingerprint density at radius 1 is 1.11 bits per heavy atom. The van der Waals surface area contributed by atoms with Crippen LogP contribution in [0, 0.1) is 0 Å². The summed E-state index contributed by atoms with van der Waals surface area (Å²) in [6.45, 7) is 0. The van der Waals surface area contributed by atoms with E-state index in [9.17, 15) is 14.7 Å². The predicted octanol–water partition coefficient (Wildman–Crippen LogP) is 3.17. The van der Waals surface area contributed by atoms with Crippen LogP contribution in [0.3, 0.4) is 0 Å². The second-order valence-electron chi connectivity index (χ2n) is 5.61. The van der Waals surface area contributed by atoms with Crippen LogP contribution >= 0.6 is 0 Å². The summed E-state index contributed by atoms with van der Waals surface area (Å²) in [5.41, 5.74) is 0.250. The van der Waals surface area contributed by atoms with Crippen molar-refractivity contribution in [1.82, 2.24) is 0 Å². The number of rotatable bonds is 5. The number of hydrogen-bond donors (Lipinski definition) is 2. The molecule has 0 bridgehead atoms. The number of phenols is 1. The van der Waals surface area contributed by atoms with Gasteiger partial charge in [-0.3, -0.25) is 4.79 Å². The van der Waals surface area contributed by atoms with Crippen LogP contribution in [-0.2, 0) is 4.79 Å². The van der Waals surface area contributed by atoms with Gasteiger partial charge < -0.3 is 24.3 Å². The Labute approximate surface area is 154 Å². The van der Waals surface area contributed by atoms with Gasteiger partial charge >= 0.3 is 5.63 Å². The van der Waals surface area contributed by atoms with Gasteiger partial charge in [-0.15, -0.1) is 0 Å². The third-order valence-corrected chi connectivity index (χ3v) is 3.83. The van der Waals surface area contributed by atoms with Crippen LogP contribution in [0.2, 0.25) is 0 Å². The highest BCUT2D eigenvalue weighted by molar-refractivity contribution is 6.02. The molecule has 3 rings (SSSR count). The molecule has 0 aliphatic carbocycles. The lowest BCUT2D eigenvalue weighted by Gasteiger charge is -2.06. The average molecular weight is 367 g/mol. The summed E-state index contributed by atoms with van der Waals surface area (Å²) in [7, 11) is 2.98. The minimum Gasteiger partial charge on any atom is -0.504 e. The lowest BCUT2D eigenvalue weighted by Crippen LogP contribution is -2.15. The van der Waals surface area contributed by atoms with E-state index in [0.717, 1.165) is 5.56 Å². The SMILES string of the molecule is COc1ccc(C=CC(=O)Nc2cc3cc(OC)c(O)cc3oc2=O)cc1. The minimum atomic E-state index is -0.724. The zero-order valence-electron chi connectivity index (χ0n) is 14.7. The number of fused-ring (bicyclic) bond motifs is 1. The van der Waals surface area contributed by atoms with Gasteiger partial charge in [0.05, 0.1) is 14.2 Å². The van der Waals surface area contributed by atoms with E-state index in [0.29, 0.717) is 11.1 Å². The standard InChI is InChI=1S/C20H17NO6/c1-25-14-6-3-12(4-7-14)5-8-19(23)21-15-9-13-10-18(26-2)16(22)11-17(13)27-20(15)24/h3-11,22H,1-2H3,(H,21,23). The van der Waals surface area contributed by atoms with Crippen molar-refractivity contribution in [3.63, 3.8) is 0 Å². The fourth-order valence-corrected chi connectivity index (χ4v) is 2.45. The summed E-state index contributed by atoms with van der Waals surface area (Å²) >= 11 is 0. The first-order valence-electron chi connectivity index (χ1n) is 7.98. The highest BCUT2D eigenvalue weighted by atomic mass is 16.5. The molecular weight excluding hydrogens is 350 g/mol. The Morgan fingerprint density at radius 2 is 1.85 bits per heavy atom. The molecule has 0 unspecified atom stereocenters. The average Bonchev–Trinajstić information content (AvgIpc) is 2.67. The topological polar surface area (TPSA) is 98.0 Å². The number of carbonyl (C=O) groups excluding carboxylic acids is 1. The molecule has 0 aliphatic heterocycles. The number of aromatic hydroxyl groups is 1. The zero-order chi connectivity index (χ0) is 19.4. The van der Waals surface area contributed by atoms with Gasteiger partial charge in [0.15, 0.2) is 11.5 Å². The molecule has 138 valence electrons. The smallest absolute Gasteiger partial charge is 0.360 e. The Morgan fingerprint density at radius 3 is 2.52 bits per heavy atom. The molecule has 0 aliphatic rings. The molecule has 0 fully saturated rings. The molecular formula is C20H17NO6. The van der Waals surface area contributed by atoms with Gasteiger partial charge in [0.1, 0.15) is 17.0 Å². The Hall–Kier alpha value is -3.74. The summed E-state index contributed by atoms with van der Waals surface area (Å²) in [6.07, 6.45) is 2.92. The predicted molar refractivity (Wildman–Crippen MR) is 101 cm³/mol. The van der Waals surface area contributed by atoms with Crippen molar-refractivity contribution in [2.75, 3.05) is 19.5 Å². The highest BCUT2D eigenvalue weighted by Crippen LogP contribution is 2.31. The van der Waals surface area contributed by atoms with E-state index in [1.165, 1.54) is 31.4 Å². The van der Waals surface area contributed by atoms with E-state index in [1.807, 2.05) is 0 Å². The van der Waals surface area contributed by atoms with Gasteiger partial charge in [0, 0.05) is 17.5 Å². The quantitative estimate of drug-likeness (QED) is 0.531. The number of amides is 1. The first-order valence-corrected chi connectivity index (χ1v) is 7.98. The van der Waals surface area contributed by atoms with Gasteiger partial charge in [-0.1, -0.05) is 12.1 Å². The second-order valence-corrected chi connectivity index (χ2v) is 5.61. The van der Waals surface area contributed by atoms with Gasteiger partial charge in [0.25, 0.3) is 0 Å². The zero-order valence-corrected chi connectivity index (χ0v) is 14.7. The van der Waals surface area contributed by atoms with Crippen LogP contribution in [0.4, 0.5) is 5.69 Å². The van der Waals surface area contributed by atoms with Crippen LogP contribution < -0.4 is 20.4 Å². The van der Waals surface area contributed by atoms with Crippen molar-refractivity contribution in [3.8, 4) is 17.2 Å². The number of methoxy groups -OCH3 is 2. The minimum absolute atomic E-state index is 0.0142. The van der Waals surface area contributed by atoms with Crippen LogP contribution in [0.15, 0.2) is 57.8 Å². The first kappa shape index (κ1) is 18.1. The van der Waals surface area contributed by atoms with Crippen LogP contribution in [0.25, 0.3) is 17.0 Å². The van der Waals surface area contributed by atoms with E-state index in [-0.39, 0.29) is 22.8 Å². The van der Waals surface area contributed by atoms with E-state index < -0.39 is 11.5 Å². The van der Waals surface area contributed by atoms with Gasteiger partial charge in [-0.05, 0) is 35.9 Å². The van der Waals surface area contributed by atoms with E-state index in [4.69, 9.17) is 13.9 Å². The Balaban J connectivity index is 1.81. The molecule has 7 heteroatoms. The normalized spacial score (nSPS) is 10.9. The Bertz CT molecular complexity index is 1070. The number of phenolic OH excluding ortho intramolecular Hbond substituents is 1. The lowest BCUT2D eigenvalue weighted by molar-refractivity contribution is -0.111. The van der Waals surface area contributed by atoms with Gasteiger partial charge in [-0.2, -0.15) is 0 Å². The van der Waals surface area contributed by atoms with Crippen molar-refractivity contribution < 1.29 is 23.8 Å². The maximum absolute atomic E-state index is 12.1. The molecule has 0 atom stereocenters. The molecule has 2 N–H and O–H groups in total. The van der Waals surface area contributed by atoms with E-state index in [1.54, 1.807) is 37.5 Å². The molecule has 27 heavy (non-hydrogen) atoms. The summed E-state index contributed by atoms with van der Waals surface area (Å²) in [4.78, 5) is 24.2. The molecule has 7 nitrogen and oxygen atoms in total. The number of benzene rings is 2. The van der Waals surface area contributed by atoms with Gasteiger partial charge in [-0.25, -0.2) is 4.79 Å². The van der Waals surface area contributed by atoms with Crippen molar-refractivity contribution >= 4 is 28.6 Å². The van der Waals surface area contributed by atoms with Crippen molar-refractivity contribution in [2.24, 2.45) is 0 Å². The molecule has 2 aromatic carbocycles. The maximum Gasteiger partial charge on any atom is 0.360 e. The summed E-state index contributed by atoms with van der Waals surface area (Å²) in [5, 5.41) is 12.7. The third kappa shape index (κ3) is 4.09. The fourth-order valence-electron chi connectivity index (χ4n) is 2.45. The molecule has 0 radical (unpaired) electrons. The van der Waals surface area contributed by atoms with Gasteiger partial charge in [0.2, 0.25) is 5.91 Å². The second kappa shape index (κ2) is 7.65. The van der Waals surface area contributed by atoms with E-state index in [2.05, 4.69) is 5.32 Å². The molecule has 1 amide bonds. The number of nitrogens with one attached hydrogen (secondary N) is 1. The number of anilines is 1. The fraction of sp³-hybridized carbons (Fsp3) is 0.100. The number of ether oxygens (including phenoxy) is 2. The van der Waals surface area contributed by atoms with Crippen LogP contribution in [0.5, 0.6) is 17.2 Å².